The average molecular weight is 407 g/mol. The molecule has 0 spiro atoms. The first-order valence-corrected chi connectivity index (χ1v) is 13.7. The zero-order valence-electron chi connectivity index (χ0n) is 21.2. The topological polar surface area (TPSA) is 0 Å². The molecule has 174 valence electrons. The Morgan fingerprint density at radius 1 is 0.483 bits per heavy atom. The van der Waals surface area contributed by atoms with Gasteiger partial charge in [0.1, 0.15) is 0 Å². The molecule has 0 radical (unpaired) electrons. The third-order valence-corrected chi connectivity index (χ3v) is 6.92. The van der Waals surface area contributed by atoms with Crippen LogP contribution < -0.4 is 0 Å². The van der Waals surface area contributed by atoms with Crippen LogP contribution in [0.5, 0.6) is 0 Å². The second kappa shape index (κ2) is 22.4. The smallest absolute Gasteiger partial charge is 0.0353 e. The molecule has 0 bridgehead atoms. The van der Waals surface area contributed by atoms with Crippen molar-refractivity contribution in [2.45, 2.75) is 156 Å². The van der Waals surface area contributed by atoms with Gasteiger partial charge in [-0.15, -0.1) is 6.58 Å². The molecule has 0 fully saturated rings. The van der Waals surface area contributed by atoms with Gasteiger partial charge in [0.15, 0.2) is 0 Å². The van der Waals surface area contributed by atoms with Crippen molar-refractivity contribution in [3.05, 3.63) is 12.7 Å². The highest BCUT2D eigenvalue weighted by Gasteiger charge is 2.07. The molecular formula is C29H58. The van der Waals surface area contributed by atoms with Gasteiger partial charge in [0.25, 0.3) is 0 Å². The molecule has 0 saturated carbocycles. The lowest BCUT2D eigenvalue weighted by molar-refractivity contribution is 0.377. The molecule has 0 aromatic heterocycles. The molecule has 0 heterocycles. The van der Waals surface area contributed by atoms with Crippen LogP contribution in [0.15, 0.2) is 12.7 Å². The van der Waals surface area contributed by atoms with E-state index in [1.807, 2.05) is 0 Å². The minimum Gasteiger partial charge on any atom is -0.103 e. The molecular weight excluding hydrogens is 348 g/mol. The van der Waals surface area contributed by atoms with Crippen LogP contribution in [0.3, 0.4) is 0 Å². The summed E-state index contributed by atoms with van der Waals surface area (Å²) < 4.78 is 0. The lowest BCUT2D eigenvalue weighted by Gasteiger charge is -2.15. The predicted molar refractivity (Wildman–Crippen MR) is 136 cm³/mol. The number of rotatable bonds is 23. The second-order valence-electron chi connectivity index (χ2n) is 10.4. The molecule has 0 aliphatic rings. The summed E-state index contributed by atoms with van der Waals surface area (Å²) in [5.41, 5.74) is 0. The van der Waals surface area contributed by atoms with Crippen LogP contribution in [-0.2, 0) is 0 Å². The summed E-state index contributed by atoms with van der Waals surface area (Å²) >= 11 is 0. The Balaban J connectivity index is 3.33. The number of hydrogen-bond acceptors (Lipinski definition) is 0. The van der Waals surface area contributed by atoms with E-state index in [1.165, 1.54) is 128 Å². The van der Waals surface area contributed by atoms with Crippen molar-refractivity contribution in [3.8, 4) is 0 Å². The molecule has 0 saturated heterocycles. The van der Waals surface area contributed by atoms with Crippen molar-refractivity contribution in [1.82, 2.24) is 0 Å². The Morgan fingerprint density at radius 2 is 0.828 bits per heavy atom. The molecule has 0 rings (SSSR count). The number of allylic oxidation sites excluding steroid dienone is 1. The molecule has 0 heteroatoms. The van der Waals surface area contributed by atoms with Gasteiger partial charge in [-0.1, -0.05) is 149 Å². The highest BCUT2D eigenvalue weighted by molar-refractivity contribution is 4.65. The first-order valence-electron chi connectivity index (χ1n) is 13.7. The summed E-state index contributed by atoms with van der Waals surface area (Å²) in [5, 5.41) is 0. The van der Waals surface area contributed by atoms with E-state index in [0.717, 1.165) is 17.8 Å². The van der Waals surface area contributed by atoms with Gasteiger partial charge >= 0.3 is 0 Å². The summed E-state index contributed by atoms with van der Waals surface area (Å²) in [4.78, 5) is 0. The zero-order valence-corrected chi connectivity index (χ0v) is 21.2. The Kier molecular flexibility index (Phi) is 22.2. The third-order valence-electron chi connectivity index (χ3n) is 6.92. The molecule has 3 unspecified atom stereocenters. The van der Waals surface area contributed by atoms with E-state index in [1.54, 1.807) is 0 Å². The highest BCUT2D eigenvalue weighted by atomic mass is 14.1. The first kappa shape index (κ1) is 28.7. The molecule has 0 N–H and O–H groups in total. The maximum atomic E-state index is 3.79. The van der Waals surface area contributed by atoms with E-state index in [-0.39, 0.29) is 0 Å². The number of hydrogen-bond donors (Lipinski definition) is 0. The Morgan fingerprint density at radius 3 is 1.24 bits per heavy atom. The molecule has 0 amide bonds. The minimum atomic E-state index is 0.943. The van der Waals surface area contributed by atoms with Crippen LogP contribution in [-0.4, -0.2) is 0 Å². The van der Waals surface area contributed by atoms with E-state index in [4.69, 9.17) is 0 Å². The number of unbranched alkanes of at least 4 members (excludes halogenated alkanes) is 10. The first-order chi connectivity index (χ1) is 14.1. The predicted octanol–water partition coefficient (Wildman–Crippen LogP) is 10.9. The Labute approximate surface area is 186 Å². The van der Waals surface area contributed by atoms with Crippen molar-refractivity contribution in [3.63, 3.8) is 0 Å². The van der Waals surface area contributed by atoms with Crippen LogP contribution in [0.1, 0.15) is 156 Å². The summed E-state index contributed by atoms with van der Waals surface area (Å²) in [6, 6.07) is 0. The lowest BCUT2D eigenvalue weighted by Crippen LogP contribution is -2.01. The van der Waals surface area contributed by atoms with Crippen LogP contribution in [0.25, 0.3) is 0 Å². The standard InChI is InChI=1S/C29H58/c1-6-8-9-10-11-12-13-14-15-16-17-18-22-28(4)24-20-26-29(5)25-19-23-27(3)21-7-2/h6,27-29H,1,7-26H2,2-5H3. The normalized spacial score (nSPS) is 14.6. The summed E-state index contributed by atoms with van der Waals surface area (Å²) in [7, 11) is 0. The van der Waals surface area contributed by atoms with Crippen LogP contribution in [0, 0.1) is 17.8 Å². The van der Waals surface area contributed by atoms with Gasteiger partial charge in [0, 0.05) is 0 Å². The second-order valence-corrected chi connectivity index (χ2v) is 10.4. The molecule has 0 aliphatic heterocycles. The summed E-state index contributed by atoms with van der Waals surface area (Å²) in [5.74, 6) is 2.83. The van der Waals surface area contributed by atoms with Crippen molar-refractivity contribution in [2.75, 3.05) is 0 Å². The lowest BCUT2D eigenvalue weighted by atomic mass is 9.91. The van der Waals surface area contributed by atoms with Gasteiger partial charge in [-0.2, -0.15) is 0 Å². The van der Waals surface area contributed by atoms with Crippen LogP contribution in [0.4, 0.5) is 0 Å². The molecule has 29 heavy (non-hydrogen) atoms. The fourth-order valence-electron chi connectivity index (χ4n) is 4.75. The monoisotopic (exact) mass is 406 g/mol. The van der Waals surface area contributed by atoms with E-state index in [2.05, 4.69) is 40.3 Å². The molecule has 0 aromatic rings. The summed E-state index contributed by atoms with van der Waals surface area (Å²) in [6.45, 7) is 13.5. The molecule has 0 aromatic carbocycles. The van der Waals surface area contributed by atoms with Crippen molar-refractivity contribution < 1.29 is 0 Å². The van der Waals surface area contributed by atoms with Gasteiger partial charge in [0.05, 0.1) is 0 Å². The van der Waals surface area contributed by atoms with Crippen molar-refractivity contribution in [1.29, 1.82) is 0 Å². The fraction of sp³-hybridized carbons (Fsp3) is 0.931. The minimum absolute atomic E-state index is 0.943. The Hall–Kier alpha value is -0.260. The SMILES string of the molecule is C=CCCCCCCCCCCCCC(C)CCCC(C)CCCC(C)CCC. The van der Waals surface area contributed by atoms with E-state index >= 15 is 0 Å². The van der Waals surface area contributed by atoms with Crippen LogP contribution in [0.2, 0.25) is 0 Å². The third kappa shape index (κ3) is 22.3. The zero-order chi connectivity index (χ0) is 21.6. The molecule has 3 atom stereocenters. The van der Waals surface area contributed by atoms with E-state index in [0.29, 0.717) is 0 Å². The quantitative estimate of drug-likeness (QED) is 0.117. The maximum Gasteiger partial charge on any atom is -0.0353 e. The van der Waals surface area contributed by atoms with Gasteiger partial charge < -0.3 is 0 Å². The fourth-order valence-corrected chi connectivity index (χ4v) is 4.75. The largest absolute Gasteiger partial charge is 0.103 e. The van der Waals surface area contributed by atoms with Crippen molar-refractivity contribution in [2.24, 2.45) is 17.8 Å². The van der Waals surface area contributed by atoms with Gasteiger partial charge in [-0.25, -0.2) is 0 Å². The van der Waals surface area contributed by atoms with Crippen molar-refractivity contribution >= 4 is 0 Å². The summed E-state index contributed by atoms with van der Waals surface area (Å²) in [6.07, 6.45) is 30.7. The highest BCUT2D eigenvalue weighted by Crippen LogP contribution is 2.22. The maximum absolute atomic E-state index is 3.79. The Bertz CT molecular complexity index is 318. The average Bonchev–Trinajstić information content (AvgIpc) is 2.69. The van der Waals surface area contributed by atoms with Gasteiger partial charge in [-0.05, 0) is 30.6 Å². The molecule has 0 aliphatic carbocycles. The molecule has 0 nitrogen and oxygen atoms in total. The van der Waals surface area contributed by atoms with E-state index < -0.39 is 0 Å². The van der Waals surface area contributed by atoms with Crippen LogP contribution >= 0.6 is 0 Å². The van der Waals surface area contributed by atoms with Gasteiger partial charge in [0.2, 0.25) is 0 Å². The van der Waals surface area contributed by atoms with Gasteiger partial charge in [-0.3, -0.25) is 0 Å². The van der Waals surface area contributed by atoms with E-state index in [9.17, 15) is 0 Å².